The van der Waals surface area contributed by atoms with E-state index in [0.29, 0.717) is 5.92 Å². The molecule has 0 aliphatic carbocycles. The summed E-state index contributed by atoms with van der Waals surface area (Å²) < 4.78 is 0. The first-order chi connectivity index (χ1) is 5.56. The lowest BCUT2D eigenvalue weighted by Crippen LogP contribution is -2.18. The van der Waals surface area contributed by atoms with Crippen LogP contribution in [0.15, 0.2) is 17.8 Å². The maximum atomic E-state index is 4.39. The van der Waals surface area contributed by atoms with Crippen molar-refractivity contribution in [1.82, 2.24) is 5.01 Å². The zero-order valence-electron chi connectivity index (χ0n) is 8.67. The van der Waals surface area contributed by atoms with Crippen LogP contribution < -0.4 is 0 Å². The van der Waals surface area contributed by atoms with E-state index in [4.69, 9.17) is 0 Å². The van der Waals surface area contributed by atoms with Gasteiger partial charge in [0, 0.05) is 25.7 Å². The number of rotatable bonds is 5. The van der Waals surface area contributed by atoms with Crippen LogP contribution in [0.5, 0.6) is 0 Å². The van der Waals surface area contributed by atoms with Crippen LogP contribution in [0.4, 0.5) is 0 Å². The summed E-state index contributed by atoms with van der Waals surface area (Å²) in [5, 5.41) is 6.38. The molecule has 0 amide bonds. The summed E-state index contributed by atoms with van der Waals surface area (Å²) in [5.74, 6) is 0.662. The topological polar surface area (TPSA) is 15.6 Å². The summed E-state index contributed by atoms with van der Waals surface area (Å²) >= 11 is 0. The van der Waals surface area contributed by atoms with Gasteiger partial charge in [0.1, 0.15) is 0 Å². The van der Waals surface area contributed by atoms with E-state index in [1.165, 1.54) is 0 Å². The highest BCUT2D eigenvalue weighted by atomic mass is 15.4. The van der Waals surface area contributed by atoms with Crippen LogP contribution in [0.3, 0.4) is 0 Å². The van der Waals surface area contributed by atoms with Crippen LogP contribution in [0.1, 0.15) is 27.2 Å². The number of hydrazone groups is 1. The standard InChI is InChI=1S/C10H20N2/c1-6-7-10(4)11-12(5)8-9(2)3/h6,9H,1,7-8H2,2-5H3/b11-10-. The summed E-state index contributed by atoms with van der Waals surface area (Å²) in [5.41, 5.74) is 1.12. The van der Waals surface area contributed by atoms with E-state index >= 15 is 0 Å². The van der Waals surface area contributed by atoms with Crippen molar-refractivity contribution in [2.45, 2.75) is 27.2 Å². The molecule has 0 bridgehead atoms. The third kappa shape index (κ3) is 5.96. The molecule has 0 spiro atoms. The predicted octanol–water partition coefficient (Wildman–Crippen LogP) is 2.53. The fourth-order valence-electron chi connectivity index (χ4n) is 1.11. The van der Waals surface area contributed by atoms with Crippen molar-refractivity contribution in [3.63, 3.8) is 0 Å². The average molecular weight is 168 g/mol. The minimum atomic E-state index is 0.662. The quantitative estimate of drug-likeness (QED) is 0.350. The molecule has 0 saturated heterocycles. The van der Waals surface area contributed by atoms with E-state index in [1.54, 1.807) is 0 Å². The van der Waals surface area contributed by atoms with Crippen molar-refractivity contribution in [2.24, 2.45) is 11.0 Å². The van der Waals surface area contributed by atoms with Gasteiger partial charge in [-0.15, -0.1) is 6.58 Å². The smallest absolute Gasteiger partial charge is 0.0387 e. The van der Waals surface area contributed by atoms with Crippen molar-refractivity contribution in [3.05, 3.63) is 12.7 Å². The molecule has 0 saturated carbocycles. The van der Waals surface area contributed by atoms with Gasteiger partial charge < -0.3 is 0 Å². The van der Waals surface area contributed by atoms with Gasteiger partial charge in [0.2, 0.25) is 0 Å². The Bertz CT molecular complexity index is 159. The molecular formula is C10H20N2. The Morgan fingerprint density at radius 2 is 2.17 bits per heavy atom. The molecule has 2 heteroatoms. The van der Waals surface area contributed by atoms with E-state index in [1.807, 2.05) is 25.1 Å². The molecular weight excluding hydrogens is 148 g/mol. The van der Waals surface area contributed by atoms with Gasteiger partial charge in [-0.2, -0.15) is 5.10 Å². The number of nitrogens with zero attached hydrogens (tertiary/aromatic N) is 2. The fourth-order valence-corrected chi connectivity index (χ4v) is 1.11. The Labute approximate surface area is 76.0 Å². The molecule has 70 valence electrons. The summed E-state index contributed by atoms with van der Waals surface area (Å²) in [4.78, 5) is 0. The molecule has 0 atom stereocenters. The van der Waals surface area contributed by atoms with Gasteiger partial charge in [-0.3, -0.25) is 5.01 Å². The maximum absolute atomic E-state index is 4.39. The van der Waals surface area contributed by atoms with Crippen LogP contribution in [0.25, 0.3) is 0 Å². The molecule has 2 nitrogen and oxygen atoms in total. The molecule has 12 heavy (non-hydrogen) atoms. The number of allylic oxidation sites excluding steroid dienone is 1. The number of hydrogen-bond donors (Lipinski definition) is 0. The Balaban J connectivity index is 3.86. The molecule has 0 aliphatic heterocycles. The fraction of sp³-hybridized carbons (Fsp3) is 0.700. The van der Waals surface area contributed by atoms with Gasteiger partial charge in [-0.25, -0.2) is 0 Å². The highest BCUT2D eigenvalue weighted by molar-refractivity contribution is 5.82. The first kappa shape index (κ1) is 11.2. The molecule has 0 aromatic heterocycles. The van der Waals surface area contributed by atoms with Crippen LogP contribution in [-0.2, 0) is 0 Å². The summed E-state index contributed by atoms with van der Waals surface area (Å²) in [6.07, 6.45) is 2.75. The summed E-state index contributed by atoms with van der Waals surface area (Å²) in [6.45, 7) is 11.1. The van der Waals surface area contributed by atoms with Crippen molar-refractivity contribution < 1.29 is 0 Å². The Hall–Kier alpha value is -0.790. The Morgan fingerprint density at radius 1 is 1.58 bits per heavy atom. The normalized spacial score (nSPS) is 11.9. The van der Waals surface area contributed by atoms with Crippen molar-refractivity contribution in [3.8, 4) is 0 Å². The van der Waals surface area contributed by atoms with E-state index in [0.717, 1.165) is 18.7 Å². The van der Waals surface area contributed by atoms with Gasteiger partial charge in [-0.05, 0) is 12.8 Å². The van der Waals surface area contributed by atoms with Gasteiger partial charge in [-0.1, -0.05) is 19.9 Å². The van der Waals surface area contributed by atoms with Crippen molar-refractivity contribution in [2.75, 3.05) is 13.6 Å². The second kappa shape index (κ2) is 5.81. The average Bonchev–Trinajstić information content (AvgIpc) is 1.84. The molecule has 0 aromatic carbocycles. The third-order valence-corrected chi connectivity index (χ3v) is 1.41. The van der Waals surface area contributed by atoms with Crippen LogP contribution in [0, 0.1) is 5.92 Å². The van der Waals surface area contributed by atoms with Crippen LogP contribution >= 0.6 is 0 Å². The minimum Gasteiger partial charge on any atom is -0.300 e. The van der Waals surface area contributed by atoms with E-state index in [2.05, 4.69) is 25.5 Å². The Morgan fingerprint density at radius 3 is 2.58 bits per heavy atom. The SMILES string of the molecule is C=CC/C(C)=N\N(C)CC(C)C. The lowest BCUT2D eigenvalue weighted by atomic mass is 10.2. The summed E-state index contributed by atoms with van der Waals surface area (Å²) in [7, 11) is 2.01. The maximum Gasteiger partial charge on any atom is 0.0387 e. The zero-order valence-corrected chi connectivity index (χ0v) is 8.67. The molecule has 0 N–H and O–H groups in total. The van der Waals surface area contributed by atoms with E-state index < -0.39 is 0 Å². The first-order valence-electron chi connectivity index (χ1n) is 4.42. The molecule has 0 heterocycles. The van der Waals surface area contributed by atoms with Crippen molar-refractivity contribution in [1.29, 1.82) is 0 Å². The Kier molecular flexibility index (Phi) is 5.43. The summed E-state index contributed by atoms with van der Waals surface area (Å²) in [6, 6.07) is 0. The molecule has 0 aromatic rings. The monoisotopic (exact) mass is 168 g/mol. The lowest BCUT2D eigenvalue weighted by molar-refractivity contribution is 0.310. The molecule has 0 unspecified atom stereocenters. The largest absolute Gasteiger partial charge is 0.300 e. The van der Waals surface area contributed by atoms with Gasteiger partial charge in [0.05, 0.1) is 0 Å². The highest BCUT2D eigenvalue weighted by Crippen LogP contribution is 1.97. The van der Waals surface area contributed by atoms with Gasteiger partial charge in [0.25, 0.3) is 0 Å². The number of hydrogen-bond acceptors (Lipinski definition) is 2. The van der Waals surface area contributed by atoms with E-state index in [-0.39, 0.29) is 0 Å². The second-order valence-electron chi connectivity index (χ2n) is 3.56. The van der Waals surface area contributed by atoms with Gasteiger partial charge in [0.15, 0.2) is 0 Å². The molecule has 0 aliphatic rings. The third-order valence-electron chi connectivity index (χ3n) is 1.41. The van der Waals surface area contributed by atoms with Gasteiger partial charge >= 0.3 is 0 Å². The van der Waals surface area contributed by atoms with Crippen LogP contribution in [-0.4, -0.2) is 24.3 Å². The van der Waals surface area contributed by atoms with Crippen LogP contribution in [0.2, 0.25) is 0 Å². The zero-order chi connectivity index (χ0) is 9.56. The van der Waals surface area contributed by atoms with E-state index in [9.17, 15) is 0 Å². The second-order valence-corrected chi connectivity index (χ2v) is 3.56. The minimum absolute atomic E-state index is 0.662. The lowest BCUT2D eigenvalue weighted by Gasteiger charge is -2.16. The molecule has 0 radical (unpaired) electrons. The molecule has 0 fully saturated rings. The first-order valence-corrected chi connectivity index (χ1v) is 4.42. The highest BCUT2D eigenvalue weighted by Gasteiger charge is 1.97. The van der Waals surface area contributed by atoms with Crippen molar-refractivity contribution >= 4 is 5.71 Å². The molecule has 0 rings (SSSR count). The predicted molar refractivity (Wildman–Crippen MR) is 55.4 cm³/mol.